The number of nitrogens with zero attached hydrogens (tertiary/aromatic N) is 1. The number of phenolic OH excluding ortho intramolecular Hbond substituents is 1. The average molecular weight is 637 g/mol. The van der Waals surface area contributed by atoms with Crippen LogP contribution in [0.2, 0.25) is 0 Å². The molecule has 3 aromatic rings. The first kappa shape index (κ1) is 28.4. The molecule has 0 saturated carbocycles. The highest BCUT2D eigenvalue weighted by molar-refractivity contribution is 9.10. The summed E-state index contributed by atoms with van der Waals surface area (Å²) in [6.45, 7) is 1.43. The predicted molar refractivity (Wildman–Crippen MR) is 132 cm³/mol. The summed E-state index contributed by atoms with van der Waals surface area (Å²) in [4.78, 5) is 13.4. The molecule has 0 unspecified atom stereocenters. The number of nitrogens with one attached hydrogen (secondary N) is 1. The Bertz CT molecular complexity index is 1580. The van der Waals surface area contributed by atoms with Crippen molar-refractivity contribution in [3.05, 3.63) is 64.1 Å². The van der Waals surface area contributed by atoms with E-state index in [1.54, 1.807) is 0 Å². The SMILES string of the molecule is C[C@H]1CN(C)C(=O)c2cc(Br)c(O)c(c2)S(=O)(=O)Nc2cc(c(F)cc2F)-c2cc(OC(F)(F)F)ccc2O1. The molecule has 0 fully saturated rings. The van der Waals surface area contributed by atoms with Crippen molar-refractivity contribution >= 4 is 37.5 Å². The summed E-state index contributed by atoms with van der Waals surface area (Å²) in [5.41, 5.74) is -1.80. The zero-order chi connectivity index (χ0) is 28.9. The van der Waals surface area contributed by atoms with Crippen molar-refractivity contribution in [1.29, 1.82) is 0 Å². The second-order valence-electron chi connectivity index (χ2n) is 8.54. The Morgan fingerprint density at radius 2 is 1.79 bits per heavy atom. The van der Waals surface area contributed by atoms with E-state index in [4.69, 9.17) is 4.74 Å². The highest BCUT2D eigenvalue weighted by Crippen LogP contribution is 2.40. The maximum Gasteiger partial charge on any atom is 0.573 e. The third-order valence-corrected chi connectivity index (χ3v) is 7.53. The summed E-state index contributed by atoms with van der Waals surface area (Å²) in [6.07, 6.45) is -5.90. The van der Waals surface area contributed by atoms with E-state index < -0.39 is 67.7 Å². The number of carbonyl (C=O) groups excluding carboxylic acids is 1. The van der Waals surface area contributed by atoms with Gasteiger partial charge in [0.05, 0.1) is 16.7 Å². The van der Waals surface area contributed by atoms with Gasteiger partial charge in [0.1, 0.15) is 39.9 Å². The first-order chi connectivity index (χ1) is 18.1. The minimum absolute atomic E-state index is 0.102. The van der Waals surface area contributed by atoms with Gasteiger partial charge in [-0.25, -0.2) is 17.2 Å². The number of carbonyl (C=O) groups is 1. The molecule has 208 valence electrons. The molecule has 1 aliphatic heterocycles. The number of hydrogen-bond acceptors (Lipinski definition) is 6. The Hall–Kier alpha value is -3.59. The lowest BCUT2D eigenvalue weighted by Crippen LogP contribution is -2.35. The Labute approximate surface area is 227 Å². The van der Waals surface area contributed by atoms with E-state index in [0.29, 0.717) is 6.07 Å². The van der Waals surface area contributed by atoms with Crippen LogP contribution in [0.25, 0.3) is 11.1 Å². The van der Waals surface area contributed by atoms with Gasteiger partial charge in [0.15, 0.2) is 0 Å². The molecule has 8 nitrogen and oxygen atoms in total. The smallest absolute Gasteiger partial charge is 0.505 e. The number of aromatic hydroxyl groups is 1. The molecule has 0 spiro atoms. The number of likely N-dealkylation sites (N-methyl/N-ethyl adjacent to an activating group) is 1. The Morgan fingerprint density at radius 3 is 2.46 bits per heavy atom. The monoisotopic (exact) mass is 636 g/mol. The van der Waals surface area contributed by atoms with E-state index in [2.05, 4.69) is 20.7 Å². The molecule has 4 bridgehead atoms. The van der Waals surface area contributed by atoms with E-state index in [9.17, 15) is 35.9 Å². The van der Waals surface area contributed by atoms with Gasteiger partial charge in [-0.2, -0.15) is 0 Å². The molecular weight excluding hydrogens is 619 g/mol. The minimum Gasteiger partial charge on any atom is -0.505 e. The van der Waals surface area contributed by atoms with E-state index in [1.807, 2.05) is 4.72 Å². The van der Waals surface area contributed by atoms with Gasteiger partial charge in [-0.1, -0.05) is 0 Å². The van der Waals surface area contributed by atoms with E-state index >= 15 is 4.39 Å². The van der Waals surface area contributed by atoms with Crippen LogP contribution in [0.4, 0.5) is 27.6 Å². The average Bonchev–Trinajstić information content (AvgIpc) is 2.81. The number of fused-ring (bicyclic) bond motifs is 6. The van der Waals surface area contributed by atoms with Crippen LogP contribution in [0.1, 0.15) is 17.3 Å². The zero-order valence-corrected chi connectivity index (χ0v) is 22.3. The third kappa shape index (κ3) is 6.03. The van der Waals surface area contributed by atoms with Crippen LogP contribution in [0.3, 0.4) is 0 Å². The van der Waals surface area contributed by atoms with Crippen LogP contribution < -0.4 is 14.2 Å². The number of halogens is 6. The number of ether oxygens (including phenoxy) is 2. The molecule has 1 heterocycles. The van der Waals surface area contributed by atoms with Crippen LogP contribution in [-0.4, -0.2) is 50.4 Å². The summed E-state index contributed by atoms with van der Waals surface area (Å²) >= 11 is 3.00. The van der Waals surface area contributed by atoms with Crippen molar-refractivity contribution in [2.24, 2.45) is 0 Å². The maximum absolute atomic E-state index is 15.0. The fraction of sp³-hybridized carbons (Fsp3) is 0.208. The largest absolute Gasteiger partial charge is 0.573 e. The Morgan fingerprint density at radius 1 is 1.10 bits per heavy atom. The second-order valence-corrected chi connectivity index (χ2v) is 11.0. The molecule has 0 aromatic heterocycles. The molecule has 0 radical (unpaired) electrons. The highest BCUT2D eigenvalue weighted by atomic mass is 79.9. The Kier molecular flexibility index (Phi) is 7.42. The van der Waals surface area contributed by atoms with Crippen LogP contribution in [-0.2, 0) is 10.0 Å². The molecule has 1 atom stereocenters. The van der Waals surface area contributed by atoms with Gasteiger partial charge in [-0.15, -0.1) is 13.2 Å². The molecule has 0 aliphatic carbocycles. The molecule has 39 heavy (non-hydrogen) atoms. The first-order valence-corrected chi connectivity index (χ1v) is 13.2. The van der Waals surface area contributed by atoms with Gasteiger partial charge < -0.3 is 19.5 Å². The van der Waals surface area contributed by atoms with Gasteiger partial charge in [-0.05, 0) is 59.3 Å². The third-order valence-electron chi connectivity index (χ3n) is 5.55. The van der Waals surface area contributed by atoms with Crippen LogP contribution >= 0.6 is 15.9 Å². The van der Waals surface area contributed by atoms with Gasteiger partial charge in [0.2, 0.25) is 0 Å². The lowest BCUT2D eigenvalue weighted by molar-refractivity contribution is -0.274. The van der Waals surface area contributed by atoms with Crippen LogP contribution in [0.5, 0.6) is 17.2 Å². The van der Waals surface area contributed by atoms with Crippen molar-refractivity contribution in [3.63, 3.8) is 0 Å². The fourth-order valence-electron chi connectivity index (χ4n) is 3.90. The van der Waals surface area contributed by atoms with Crippen LogP contribution in [0, 0.1) is 11.6 Å². The number of phenols is 1. The standard InChI is InChI=1S/C24H18BrF5N2O6S/c1-11-10-32(2)23(34)12-5-16(25)22(33)21(6-12)39(35,36)31-19-8-14(17(26)9-18(19)27)15-7-13(38-24(28,29)30)3-4-20(15)37-11/h3-9,11,31,33H,10H2,1-2H3/t11-/m0/s1. The minimum atomic E-state index is -5.09. The lowest BCUT2D eigenvalue weighted by atomic mass is 10.0. The number of anilines is 1. The van der Waals surface area contributed by atoms with Crippen molar-refractivity contribution in [1.82, 2.24) is 4.90 Å². The summed E-state index contributed by atoms with van der Waals surface area (Å²) < 4.78 is 106. The van der Waals surface area contributed by atoms with Crippen molar-refractivity contribution < 1.29 is 49.7 Å². The van der Waals surface area contributed by atoms with E-state index in [-0.39, 0.29) is 27.9 Å². The second kappa shape index (κ2) is 10.2. The van der Waals surface area contributed by atoms with Gasteiger partial charge in [0, 0.05) is 29.8 Å². The number of hydrogen-bond donors (Lipinski definition) is 2. The molecule has 4 rings (SSSR count). The first-order valence-electron chi connectivity index (χ1n) is 10.9. The summed E-state index contributed by atoms with van der Waals surface area (Å²) in [6, 6.07) is 5.90. The predicted octanol–water partition coefficient (Wildman–Crippen LogP) is 5.65. The quantitative estimate of drug-likeness (QED) is 0.335. The molecule has 1 amide bonds. The number of amides is 1. The molecule has 15 heteroatoms. The summed E-state index contributed by atoms with van der Waals surface area (Å²) in [7, 11) is -3.41. The number of benzene rings is 3. The number of rotatable bonds is 1. The lowest BCUT2D eigenvalue weighted by Gasteiger charge is -2.24. The van der Waals surface area contributed by atoms with E-state index in [0.717, 1.165) is 30.3 Å². The molecule has 3 aromatic carbocycles. The number of alkyl halides is 3. The normalized spacial score (nSPS) is 17.3. The molecule has 1 aliphatic rings. The fourth-order valence-corrected chi connectivity index (χ4v) is 5.69. The highest BCUT2D eigenvalue weighted by Gasteiger charge is 2.32. The summed E-state index contributed by atoms with van der Waals surface area (Å²) in [5, 5.41) is 10.4. The molecule has 2 N–H and O–H groups in total. The zero-order valence-electron chi connectivity index (χ0n) is 19.9. The van der Waals surface area contributed by atoms with E-state index in [1.165, 1.54) is 24.9 Å². The number of sulfonamides is 1. The van der Waals surface area contributed by atoms with Crippen molar-refractivity contribution in [2.75, 3.05) is 18.3 Å². The maximum atomic E-state index is 15.0. The van der Waals surface area contributed by atoms with Gasteiger partial charge >= 0.3 is 6.36 Å². The summed E-state index contributed by atoms with van der Waals surface area (Å²) in [5.74, 6) is -4.99. The van der Waals surface area contributed by atoms with Crippen molar-refractivity contribution in [3.8, 4) is 28.4 Å². The Balaban J connectivity index is 1.97. The van der Waals surface area contributed by atoms with Crippen LogP contribution in [0.15, 0.2) is 51.8 Å². The van der Waals surface area contributed by atoms with Gasteiger partial charge in [0.25, 0.3) is 15.9 Å². The topological polar surface area (TPSA) is 105 Å². The molecule has 0 saturated heterocycles. The molecular formula is C24H18BrF5N2O6S. The van der Waals surface area contributed by atoms with Gasteiger partial charge in [-0.3, -0.25) is 9.52 Å². The van der Waals surface area contributed by atoms with Crippen molar-refractivity contribution in [2.45, 2.75) is 24.3 Å².